The van der Waals surface area contributed by atoms with Crippen LogP contribution in [0.4, 0.5) is 0 Å². The number of aryl methyl sites for hydroxylation is 1. The fourth-order valence-corrected chi connectivity index (χ4v) is 3.07. The zero-order valence-electron chi connectivity index (χ0n) is 10.8. The SMILES string of the molecule is COc1ccc(C(Cc2csc(C)n2)NN)cc1Br. The number of ether oxygens (including phenoxy) is 1. The van der Waals surface area contributed by atoms with Gasteiger partial charge < -0.3 is 4.74 Å². The number of aromatic nitrogens is 1. The first-order chi connectivity index (χ1) is 9.13. The van der Waals surface area contributed by atoms with E-state index in [1.54, 1.807) is 18.4 Å². The maximum absolute atomic E-state index is 5.66. The minimum Gasteiger partial charge on any atom is -0.496 e. The number of nitrogens with one attached hydrogen (secondary N) is 1. The lowest BCUT2D eigenvalue weighted by Crippen LogP contribution is -2.29. The van der Waals surface area contributed by atoms with E-state index in [1.807, 2.05) is 25.1 Å². The number of methoxy groups -OCH3 is 1. The van der Waals surface area contributed by atoms with Crippen LogP contribution in [0.15, 0.2) is 28.1 Å². The van der Waals surface area contributed by atoms with Crippen LogP contribution in [0.2, 0.25) is 0 Å². The molecular formula is C13H16BrN3OS. The molecule has 1 aromatic heterocycles. The Hall–Kier alpha value is -0.950. The second kappa shape index (κ2) is 6.47. The lowest BCUT2D eigenvalue weighted by Gasteiger charge is -2.16. The van der Waals surface area contributed by atoms with Crippen LogP contribution in [0.25, 0.3) is 0 Å². The van der Waals surface area contributed by atoms with Crippen LogP contribution in [0, 0.1) is 6.92 Å². The number of benzene rings is 1. The zero-order chi connectivity index (χ0) is 13.8. The number of rotatable bonds is 5. The molecule has 1 unspecified atom stereocenters. The molecule has 1 aromatic carbocycles. The molecule has 1 atom stereocenters. The minimum absolute atomic E-state index is 0.0312. The molecule has 2 rings (SSSR count). The molecule has 0 spiro atoms. The van der Waals surface area contributed by atoms with Crippen molar-refractivity contribution in [3.63, 3.8) is 0 Å². The molecule has 1 heterocycles. The number of hydrogen-bond donors (Lipinski definition) is 2. The fourth-order valence-electron chi connectivity index (χ4n) is 1.88. The smallest absolute Gasteiger partial charge is 0.133 e. The molecule has 4 nitrogen and oxygen atoms in total. The van der Waals surface area contributed by atoms with Crippen LogP contribution in [-0.2, 0) is 6.42 Å². The van der Waals surface area contributed by atoms with Crippen molar-refractivity contribution in [2.24, 2.45) is 5.84 Å². The van der Waals surface area contributed by atoms with Gasteiger partial charge in [0.05, 0.1) is 28.3 Å². The van der Waals surface area contributed by atoms with Gasteiger partial charge in [0.2, 0.25) is 0 Å². The lowest BCUT2D eigenvalue weighted by molar-refractivity contribution is 0.411. The van der Waals surface area contributed by atoms with Gasteiger partial charge in [0.1, 0.15) is 5.75 Å². The summed E-state index contributed by atoms with van der Waals surface area (Å²) in [6.45, 7) is 2.00. The quantitative estimate of drug-likeness (QED) is 0.648. The zero-order valence-corrected chi connectivity index (χ0v) is 13.2. The van der Waals surface area contributed by atoms with E-state index in [0.29, 0.717) is 0 Å². The molecule has 0 saturated heterocycles. The van der Waals surface area contributed by atoms with E-state index in [2.05, 4.69) is 31.7 Å². The summed E-state index contributed by atoms with van der Waals surface area (Å²) < 4.78 is 6.14. The first-order valence-electron chi connectivity index (χ1n) is 5.84. The standard InChI is InChI=1S/C13H16BrN3OS/c1-8-16-10(7-19-8)6-12(17-15)9-3-4-13(18-2)11(14)5-9/h3-5,7,12,17H,6,15H2,1-2H3. The molecule has 0 bridgehead atoms. The van der Waals surface area contributed by atoms with Crippen molar-refractivity contribution in [1.82, 2.24) is 10.4 Å². The number of hydrogen-bond acceptors (Lipinski definition) is 5. The maximum Gasteiger partial charge on any atom is 0.133 e. The molecule has 3 N–H and O–H groups in total. The van der Waals surface area contributed by atoms with Crippen molar-refractivity contribution in [2.45, 2.75) is 19.4 Å². The van der Waals surface area contributed by atoms with Crippen molar-refractivity contribution in [2.75, 3.05) is 7.11 Å². The van der Waals surface area contributed by atoms with Crippen molar-refractivity contribution < 1.29 is 4.74 Å². The normalized spacial score (nSPS) is 12.4. The Morgan fingerprint density at radius 2 is 2.32 bits per heavy atom. The van der Waals surface area contributed by atoms with Gasteiger partial charge in [-0.2, -0.15) is 0 Å². The van der Waals surface area contributed by atoms with Gasteiger partial charge in [-0.1, -0.05) is 6.07 Å². The minimum atomic E-state index is 0.0312. The third-order valence-electron chi connectivity index (χ3n) is 2.86. The van der Waals surface area contributed by atoms with Crippen molar-refractivity contribution in [3.8, 4) is 5.75 Å². The fraction of sp³-hybridized carbons (Fsp3) is 0.308. The Labute approximate surface area is 125 Å². The van der Waals surface area contributed by atoms with E-state index in [0.717, 1.165) is 32.9 Å². The highest BCUT2D eigenvalue weighted by Gasteiger charge is 2.14. The summed E-state index contributed by atoms with van der Waals surface area (Å²) >= 11 is 5.14. The number of nitrogens with two attached hydrogens (primary N) is 1. The molecule has 0 aliphatic heterocycles. The van der Waals surface area contributed by atoms with Gasteiger partial charge in [-0.05, 0) is 40.5 Å². The van der Waals surface area contributed by atoms with E-state index >= 15 is 0 Å². The van der Waals surface area contributed by atoms with Crippen LogP contribution in [0.5, 0.6) is 5.75 Å². The summed E-state index contributed by atoms with van der Waals surface area (Å²) in [4.78, 5) is 4.47. The van der Waals surface area contributed by atoms with Gasteiger partial charge in [0, 0.05) is 11.8 Å². The molecule has 0 fully saturated rings. The predicted octanol–water partition coefficient (Wildman–Crippen LogP) is 2.97. The molecular weight excluding hydrogens is 326 g/mol. The highest BCUT2D eigenvalue weighted by atomic mass is 79.9. The Kier molecular flexibility index (Phi) is 4.93. The molecule has 102 valence electrons. The van der Waals surface area contributed by atoms with E-state index in [9.17, 15) is 0 Å². The third kappa shape index (κ3) is 3.54. The van der Waals surface area contributed by atoms with Gasteiger partial charge in [0.25, 0.3) is 0 Å². The first-order valence-corrected chi connectivity index (χ1v) is 7.52. The Morgan fingerprint density at radius 3 is 2.84 bits per heavy atom. The molecule has 0 aliphatic carbocycles. The molecule has 0 radical (unpaired) electrons. The summed E-state index contributed by atoms with van der Waals surface area (Å²) in [5.74, 6) is 6.47. The number of nitrogens with zero attached hydrogens (tertiary/aromatic N) is 1. The molecule has 0 saturated carbocycles. The summed E-state index contributed by atoms with van der Waals surface area (Å²) in [7, 11) is 1.65. The summed E-state index contributed by atoms with van der Waals surface area (Å²) in [6.07, 6.45) is 0.764. The molecule has 0 amide bonds. The Balaban J connectivity index is 2.19. The van der Waals surface area contributed by atoms with Crippen LogP contribution in [0.3, 0.4) is 0 Å². The first kappa shape index (κ1) is 14.5. The van der Waals surface area contributed by atoms with E-state index in [1.165, 1.54) is 0 Å². The summed E-state index contributed by atoms with van der Waals surface area (Å²) in [6, 6.07) is 5.98. The van der Waals surface area contributed by atoms with Crippen molar-refractivity contribution in [1.29, 1.82) is 0 Å². The Morgan fingerprint density at radius 1 is 1.53 bits per heavy atom. The van der Waals surface area contributed by atoms with Crippen LogP contribution in [0.1, 0.15) is 22.3 Å². The lowest BCUT2D eigenvalue weighted by atomic mass is 10.0. The number of thiazole rings is 1. The van der Waals surface area contributed by atoms with Crippen LogP contribution < -0.4 is 16.0 Å². The molecule has 0 aliphatic rings. The van der Waals surface area contributed by atoms with Gasteiger partial charge in [-0.25, -0.2) is 4.98 Å². The average Bonchev–Trinajstić information content (AvgIpc) is 2.81. The van der Waals surface area contributed by atoms with Crippen molar-refractivity contribution in [3.05, 3.63) is 44.3 Å². The second-order valence-corrected chi connectivity index (χ2v) is 6.09. The van der Waals surface area contributed by atoms with Gasteiger partial charge in [0.15, 0.2) is 0 Å². The largest absolute Gasteiger partial charge is 0.496 e. The molecule has 2 aromatic rings. The molecule has 6 heteroatoms. The van der Waals surface area contributed by atoms with Crippen LogP contribution >= 0.6 is 27.3 Å². The van der Waals surface area contributed by atoms with E-state index < -0.39 is 0 Å². The topological polar surface area (TPSA) is 60.2 Å². The van der Waals surface area contributed by atoms with Crippen LogP contribution in [-0.4, -0.2) is 12.1 Å². The van der Waals surface area contributed by atoms with Gasteiger partial charge in [-0.3, -0.25) is 11.3 Å². The average molecular weight is 342 g/mol. The van der Waals surface area contributed by atoms with E-state index in [-0.39, 0.29) is 6.04 Å². The monoisotopic (exact) mass is 341 g/mol. The highest BCUT2D eigenvalue weighted by Crippen LogP contribution is 2.29. The third-order valence-corrected chi connectivity index (χ3v) is 4.30. The predicted molar refractivity (Wildman–Crippen MR) is 81.3 cm³/mol. The van der Waals surface area contributed by atoms with Crippen molar-refractivity contribution >= 4 is 27.3 Å². The number of halogens is 1. The molecule has 19 heavy (non-hydrogen) atoms. The Bertz CT molecular complexity index is 559. The second-order valence-electron chi connectivity index (χ2n) is 4.18. The number of hydrazine groups is 1. The highest BCUT2D eigenvalue weighted by molar-refractivity contribution is 9.10. The maximum atomic E-state index is 5.66. The van der Waals surface area contributed by atoms with Gasteiger partial charge >= 0.3 is 0 Å². The van der Waals surface area contributed by atoms with E-state index in [4.69, 9.17) is 10.6 Å². The van der Waals surface area contributed by atoms with Gasteiger partial charge in [-0.15, -0.1) is 11.3 Å². The summed E-state index contributed by atoms with van der Waals surface area (Å²) in [5.41, 5.74) is 4.99. The summed E-state index contributed by atoms with van der Waals surface area (Å²) in [5, 5.41) is 3.14.